The van der Waals surface area contributed by atoms with Gasteiger partial charge in [-0.1, -0.05) is 0 Å². The lowest BCUT2D eigenvalue weighted by atomic mass is 10.2. The highest BCUT2D eigenvalue weighted by atomic mass is 19.4. The predicted octanol–water partition coefficient (Wildman–Crippen LogP) is 1.78. The van der Waals surface area contributed by atoms with E-state index in [-0.39, 0.29) is 6.07 Å². The fraction of sp³-hybridized carbons (Fsp3) is 0.375. The molecule has 0 saturated heterocycles. The molecule has 18 heavy (non-hydrogen) atoms. The fourth-order valence-electron chi connectivity index (χ4n) is 1.20. The Kier molecular flexibility index (Phi) is 3.60. The van der Waals surface area contributed by atoms with Gasteiger partial charge in [0.2, 0.25) is 5.88 Å². The molecule has 10 heteroatoms. The zero-order valence-electron chi connectivity index (χ0n) is 8.32. The molecule has 2 N–H and O–H groups in total. The van der Waals surface area contributed by atoms with Gasteiger partial charge in [0.1, 0.15) is 5.56 Å². The second-order valence-corrected chi connectivity index (χ2v) is 3.06. The van der Waals surface area contributed by atoms with Gasteiger partial charge in [-0.05, 0) is 0 Å². The number of hydrogen-bond donors (Lipinski definition) is 2. The molecule has 4 nitrogen and oxygen atoms in total. The molecular formula is C8H5F6NO3. The van der Waals surface area contributed by atoms with Crippen LogP contribution in [0.4, 0.5) is 26.3 Å². The molecule has 0 saturated carbocycles. The number of alkyl halides is 6. The van der Waals surface area contributed by atoms with Crippen LogP contribution < -0.4 is 10.2 Å². The molecule has 0 aliphatic rings. The summed E-state index contributed by atoms with van der Waals surface area (Å²) >= 11 is 0. The number of pyridine rings is 1. The highest BCUT2D eigenvalue weighted by Gasteiger charge is 2.38. The number of rotatable bonds is 2. The summed E-state index contributed by atoms with van der Waals surface area (Å²) in [5, 5.41) is 8.62. The van der Waals surface area contributed by atoms with E-state index in [4.69, 9.17) is 5.11 Å². The lowest BCUT2D eigenvalue weighted by Gasteiger charge is -2.13. The van der Waals surface area contributed by atoms with E-state index in [1.165, 1.54) is 0 Å². The van der Waals surface area contributed by atoms with E-state index in [2.05, 4.69) is 4.74 Å². The molecule has 0 radical (unpaired) electrons. The molecule has 1 aromatic heterocycles. The summed E-state index contributed by atoms with van der Waals surface area (Å²) in [6.07, 6.45) is -10.3. The first-order valence-electron chi connectivity index (χ1n) is 4.24. The lowest BCUT2D eigenvalue weighted by Crippen LogP contribution is -2.25. The van der Waals surface area contributed by atoms with Crippen molar-refractivity contribution in [2.24, 2.45) is 0 Å². The van der Waals surface area contributed by atoms with E-state index in [1.807, 2.05) is 0 Å². The van der Waals surface area contributed by atoms with Gasteiger partial charge < -0.3 is 14.8 Å². The summed E-state index contributed by atoms with van der Waals surface area (Å²) in [5.41, 5.74) is -4.60. The minimum Gasteiger partial charge on any atom is -0.390 e. The summed E-state index contributed by atoms with van der Waals surface area (Å²) in [6, 6.07) is 0.00940. The maximum atomic E-state index is 12.4. The van der Waals surface area contributed by atoms with E-state index in [0.717, 1.165) is 0 Å². The summed E-state index contributed by atoms with van der Waals surface area (Å²) < 4.78 is 75.8. The smallest absolute Gasteiger partial charge is 0.390 e. The third-order valence-electron chi connectivity index (χ3n) is 1.75. The Morgan fingerprint density at radius 3 is 2.17 bits per heavy atom. The Morgan fingerprint density at radius 2 is 1.78 bits per heavy atom. The van der Waals surface area contributed by atoms with E-state index in [0.29, 0.717) is 0 Å². The second kappa shape index (κ2) is 4.52. The first kappa shape index (κ1) is 14.4. The molecule has 0 aliphatic heterocycles. The minimum absolute atomic E-state index is 0.00940. The van der Waals surface area contributed by atoms with Crippen molar-refractivity contribution >= 4 is 0 Å². The van der Waals surface area contributed by atoms with E-state index in [9.17, 15) is 31.1 Å². The Hall–Kier alpha value is -1.71. The lowest BCUT2D eigenvalue weighted by molar-refractivity contribution is -0.276. The number of hydrogen-bond acceptors (Lipinski definition) is 3. The zero-order chi connectivity index (χ0) is 14.1. The number of halogens is 6. The molecule has 1 rings (SSSR count). The number of ether oxygens (including phenoxy) is 1. The Morgan fingerprint density at radius 1 is 1.22 bits per heavy atom. The number of nitrogens with one attached hydrogen (secondary N) is 1. The van der Waals surface area contributed by atoms with Crippen LogP contribution in [0.5, 0.6) is 5.88 Å². The molecule has 0 spiro atoms. The van der Waals surface area contributed by atoms with Gasteiger partial charge in [-0.3, -0.25) is 4.79 Å². The quantitative estimate of drug-likeness (QED) is 0.810. The Labute approximate surface area is 94.8 Å². The van der Waals surface area contributed by atoms with Gasteiger partial charge in [0, 0.05) is 6.07 Å². The monoisotopic (exact) mass is 277 g/mol. The highest BCUT2D eigenvalue weighted by Crippen LogP contribution is 2.30. The van der Waals surface area contributed by atoms with Crippen LogP contribution in [-0.2, 0) is 12.8 Å². The number of H-pyrrole nitrogens is 1. The molecule has 0 amide bonds. The Bertz CT molecular complexity index is 489. The number of aliphatic hydroxyl groups excluding tert-OH is 1. The number of aromatic amines is 1. The molecule has 0 atom stereocenters. The average molecular weight is 277 g/mol. The molecule has 0 unspecified atom stereocenters. The molecule has 0 aliphatic carbocycles. The SMILES string of the molecule is O=c1cc(OC(F)(F)F)[nH]c(CO)c1C(F)(F)F. The maximum Gasteiger partial charge on any atom is 0.574 e. The van der Waals surface area contributed by atoms with Crippen molar-refractivity contribution < 1.29 is 36.2 Å². The maximum absolute atomic E-state index is 12.4. The summed E-state index contributed by atoms with van der Waals surface area (Å²) in [4.78, 5) is 12.6. The topological polar surface area (TPSA) is 62.3 Å². The zero-order valence-corrected chi connectivity index (χ0v) is 8.32. The molecular weight excluding hydrogens is 272 g/mol. The van der Waals surface area contributed by atoms with Gasteiger partial charge in [-0.15, -0.1) is 13.2 Å². The van der Waals surface area contributed by atoms with Crippen LogP contribution in [0.2, 0.25) is 0 Å². The van der Waals surface area contributed by atoms with Gasteiger partial charge >= 0.3 is 12.5 Å². The summed E-state index contributed by atoms with van der Waals surface area (Å²) in [5.74, 6) is -1.23. The molecule has 1 aromatic rings. The third kappa shape index (κ3) is 3.39. The average Bonchev–Trinajstić information content (AvgIpc) is 2.11. The molecule has 0 fully saturated rings. The summed E-state index contributed by atoms with van der Waals surface area (Å²) in [7, 11) is 0. The predicted molar refractivity (Wildman–Crippen MR) is 44.7 cm³/mol. The van der Waals surface area contributed by atoms with E-state index < -0.39 is 41.7 Å². The van der Waals surface area contributed by atoms with Crippen molar-refractivity contribution in [2.45, 2.75) is 19.1 Å². The third-order valence-corrected chi connectivity index (χ3v) is 1.75. The van der Waals surface area contributed by atoms with E-state index in [1.54, 1.807) is 4.98 Å². The van der Waals surface area contributed by atoms with Gasteiger partial charge in [-0.2, -0.15) is 13.2 Å². The van der Waals surface area contributed by atoms with Crippen LogP contribution in [0.3, 0.4) is 0 Å². The van der Waals surface area contributed by atoms with Crippen molar-refractivity contribution in [1.29, 1.82) is 0 Å². The second-order valence-electron chi connectivity index (χ2n) is 3.06. The van der Waals surface area contributed by atoms with Crippen molar-refractivity contribution in [1.82, 2.24) is 4.98 Å². The van der Waals surface area contributed by atoms with E-state index >= 15 is 0 Å². The molecule has 0 bridgehead atoms. The first-order chi connectivity index (χ1) is 8.04. The van der Waals surface area contributed by atoms with Crippen LogP contribution in [0.15, 0.2) is 10.9 Å². The molecule has 102 valence electrons. The standard InChI is InChI=1S/C8H5F6NO3/c9-7(10,11)6-3(2-16)15-5(1-4(6)17)18-8(12,13)14/h1,16H,2H2,(H,15,17). The normalized spacial score (nSPS) is 12.6. The molecule has 1 heterocycles. The largest absolute Gasteiger partial charge is 0.574 e. The van der Waals surface area contributed by atoms with Crippen LogP contribution in [0.25, 0.3) is 0 Å². The number of aliphatic hydroxyl groups is 1. The Balaban J connectivity index is 3.33. The summed E-state index contributed by atoms with van der Waals surface area (Å²) in [6.45, 7) is -1.29. The van der Waals surface area contributed by atoms with Gasteiger partial charge in [0.25, 0.3) is 0 Å². The minimum atomic E-state index is -5.17. The van der Waals surface area contributed by atoms with Gasteiger partial charge in [0.15, 0.2) is 5.43 Å². The van der Waals surface area contributed by atoms with Crippen LogP contribution in [0, 0.1) is 0 Å². The first-order valence-corrected chi connectivity index (χ1v) is 4.24. The molecule has 0 aromatic carbocycles. The van der Waals surface area contributed by atoms with Crippen molar-refractivity contribution in [3.05, 3.63) is 27.5 Å². The highest BCUT2D eigenvalue weighted by molar-refractivity contribution is 5.28. The van der Waals surface area contributed by atoms with Crippen LogP contribution >= 0.6 is 0 Å². The van der Waals surface area contributed by atoms with Crippen LogP contribution in [-0.4, -0.2) is 16.5 Å². The fourth-order valence-corrected chi connectivity index (χ4v) is 1.20. The van der Waals surface area contributed by atoms with Gasteiger partial charge in [-0.25, -0.2) is 0 Å². The number of aromatic nitrogens is 1. The van der Waals surface area contributed by atoms with Crippen molar-refractivity contribution in [3.8, 4) is 5.88 Å². The van der Waals surface area contributed by atoms with Crippen molar-refractivity contribution in [2.75, 3.05) is 0 Å². The van der Waals surface area contributed by atoms with Crippen molar-refractivity contribution in [3.63, 3.8) is 0 Å². The van der Waals surface area contributed by atoms with Gasteiger partial charge in [0.05, 0.1) is 12.3 Å². The van der Waals surface area contributed by atoms with Crippen LogP contribution in [0.1, 0.15) is 11.3 Å².